The van der Waals surface area contributed by atoms with Crippen molar-refractivity contribution >= 4 is 81.3 Å². The summed E-state index contributed by atoms with van der Waals surface area (Å²) in [6, 6.07) is 2.55. The Labute approximate surface area is 352 Å². The minimum Gasteiger partial charge on any atom is -0.476 e. The molecule has 0 aromatic carbocycles. The fourth-order valence-electron chi connectivity index (χ4n) is 5.48. The molecule has 0 aliphatic carbocycles. The summed E-state index contributed by atoms with van der Waals surface area (Å²) in [4.78, 5) is 98.6. The van der Waals surface area contributed by atoms with Gasteiger partial charge in [-0.05, 0) is 53.7 Å². The maximum Gasteiger partial charge on any atom is 0.420 e. The van der Waals surface area contributed by atoms with Crippen LogP contribution in [-0.2, 0) is 23.8 Å². The number of hydrogen-bond acceptors (Lipinski definition) is 18. The van der Waals surface area contributed by atoms with E-state index < -0.39 is 59.8 Å². The topological polar surface area (TPSA) is 242 Å². The van der Waals surface area contributed by atoms with E-state index in [2.05, 4.69) is 20.6 Å². The number of amides is 4. The Bertz CT molecular complexity index is 2480. The largest absolute Gasteiger partial charge is 0.476 e. The number of nitrogens with one attached hydrogen (secondary N) is 2. The number of allylic oxidation sites excluding steroid dienone is 1. The third kappa shape index (κ3) is 9.84. The Kier molecular flexibility index (Phi) is 12.6. The maximum atomic E-state index is 13.1. The molecule has 0 saturated carbocycles. The molecule has 5 aromatic heterocycles. The molecule has 3 N–H and O–H groups in total. The van der Waals surface area contributed by atoms with E-state index >= 15 is 0 Å². The van der Waals surface area contributed by atoms with Gasteiger partial charge in [0.15, 0.2) is 5.69 Å². The highest BCUT2D eigenvalue weighted by molar-refractivity contribution is 7.15. The number of imide groups is 1. The summed E-state index contributed by atoms with van der Waals surface area (Å²) in [6.45, 7) is 11.2. The van der Waals surface area contributed by atoms with Crippen molar-refractivity contribution in [2.45, 2.75) is 72.3 Å². The number of carboxylic acids is 1. The third-order valence-corrected chi connectivity index (χ3v) is 11.6. The molecule has 22 heteroatoms. The fourth-order valence-corrected chi connectivity index (χ4v) is 8.89. The first-order valence-electron chi connectivity index (χ1n) is 17.7. The Balaban J connectivity index is 1.26. The van der Waals surface area contributed by atoms with E-state index in [-0.39, 0.29) is 23.6 Å². The summed E-state index contributed by atoms with van der Waals surface area (Å²) in [5.41, 5.74) is 1.13. The van der Waals surface area contributed by atoms with E-state index in [1.54, 1.807) is 64.4 Å². The van der Waals surface area contributed by atoms with Gasteiger partial charge in [0, 0.05) is 34.0 Å². The van der Waals surface area contributed by atoms with Crippen LogP contribution in [0.5, 0.6) is 0 Å². The molecule has 0 bridgehead atoms. The van der Waals surface area contributed by atoms with Crippen LogP contribution in [0.15, 0.2) is 45.4 Å². The van der Waals surface area contributed by atoms with Crippen LogP contribution in [0.25, 0.3) is 43.4 Å². The standard InChI is InChI=1S/C37H36N8O10S4/c1-8-20(28(47)38-11-16(2)53-18(4)46)40-29(48)23-13-57-32(42-23)24-14-58-31(43-24)21-10-9-19(30-44-25(15-56-30)34(49)50)26(39-21)22-12-59-33(41-22)27-17(3)54-35(51)45(27)36(52)55-37(5,6)7/h8-10,12-17,27H,11H2,1-7H3,(H,38,47)(H,40,48)(H,49,50)/b20-8-/t16-,17-,27+/m1/s1. The molecule has 5 aromatic rings. The average Bonchev–Trinajstić information content (AvgIpc) is 4.01. The van der Waals surface area contributed by atoms with Crippen molar-refractivity contribution < 1.29 is 48.1 Å². The highest BCUT2D eigenvalue weighted by Crippen LogP contribution is 2.41. The summed E-state index contributed by atoms with van der Waals surface area (Å²) >= 11 is 4.74. The first-order chi connectivity index (χ1) is 27.9. The lowest BCUT2D eigenvalue weighted by atomic mass is 10.1. The van der Waals surface area contributed by atoms with Crippen LogP contribution in [0.4, 0.5) is 9.59 Å². The van der Waals surface area contributed by atoms with Gasteiger partial charge in [-0.1, -0.05) is 6.08 Å². The lowest BCUT2D eigenvalue weighted by Crippen LogP contribution is -2.39. The third-order valence-electron chi connectivity index (χ3n) is 8.04. The second kappa shape index (κ2) is 17.5. The van der Waals surface area contributed by atoms with E-state index in [1.807, 2.05) is 0 Å². The minimum absolute atomic E-state index is 0.00930. The van der Waals surface area contributed by atoms with E-state index in [1.165, 1.54) is 57.8 Å². The van der Waals surface area contributed by atoms with Crippen molar-refractivity contribution in [3.8, 4) is 43.4 Å². The van der Waals surface area contributed by atoms with Crippen LogP contribution >= 0.6 is 45.3 Å². The van der Waals surface area contributed by atoms with E-state index in [9.17, 15) is 33.9 Å². The number of esters is 1. The number of carbonyl (C=O) groups is 6. The number of ether oxygens (including phenoxy) is 3. The molecule has 1 fully saturated rings. The molecule has 4 amide bonds. The van der Waals surface area contributed by atoms with Crippen molar-refractivity contribution in [3.63, 3.8) is 0 Å². The van der Waals surface area contributed by atoms with Crippen molar-refractivity contribution in [3.05, 3.63) is 61.8 Å². The van der Waals surface area contributed by atoms with E-state index in [0.29, 0.717) is 48.4 Å². The second-order valence-electron chi connectivity index (χ2n) is 13.8. The molecule has 18 nitrogen and oxygen atoms in total. The average molecular weight is 881 g/mol. The normalized spacial score (nSPS) is 16.0. The van der Waals surface area contributed by atoms with Crippen LogP contribution in [0.2, 0.25) is 0 Å². The van der Waals surface area contributed by atoms with Gasteiger partial charge in [-0.25, -0.2) is 39.3 Å². The number of aromatic carboxylic acids is 1. The molecular weight excluding hydrogens is 845 g/mol. The van der Waals surface area contributed by atoms with Gasteiger partial charge in [0.05, 0.1) is 12.2 Å². The molecular formula is C37H36N8O10S4. The number of pyridine rings is 1. The number of nitrogens with zero attached hydrogens (tertiary/aromatic N) is 6. The van der Waals surface area contributed by atoms with Gasteiger partial charge in [0.1, 0.15) is 72.4 Å². The Morgan fingerprint density at radius 3 is 2.25 bits per heavy atom. The molecule has 6 heterocycles. The monoisotopic (exact) mass is 880 g/mol. The molecule has 0 spiro atoms. The molecule has 1 saturated heterocycles. The van der Waals surface area contributed by atoms with Gasteiger partial charge in [-0.3, -0.25) is 14.4 Å². The molecule has 0 unspecified atom stereocenters. The van der Waals surface area contributed by atoms with Crippen molar-refractivity contribution in [2.24, 2.45) is 0 Å². The zero-order chi connectivity index (χ0) is 42.8. The van der Waals surface area contributed by atoms with Crippen LogP contribution in [0.3, 0.4) is 0 Å². The lowest BCUT2D eigenvalue weighted by molar-refractivity contribution is -0.145. The number of thiazole rings is 4. The number of carbonyl (C=O) groups excluding carboxylic acids is 5. The number of hydrogen-bond donors (Lipinski definition) is 3. The van der Waals surface area contributed by atoms with Gasteiger partial charge in [-0.2, -0.15) is 4.90 Å². The van der Waals surface area contributed by atoms with Gasteiger partial charge >= 0.3 is 24.1 Å². The smallest absolute Gasteiger partial charge is 0.420 e. The highest BCUT2D eigenvalue weighted by atomic mass is 32.1. The Morgan fingerprint density at radius 2 is 1.58 bits per heavy atom. The molecule has 0 radical (unpaired) electrons. The lowest BCUT2D eigenvalue weighted by Gasteiger charge is -2.25. The molecule has 1 aliphatic heterocycles. The number of cyclic esters (lactones) is 1. The second-order valence-corrected chi connectivity index (χ2v) is 17.2. The summed E-state index contributed by atoms with van der Waals surface area (Å²) in [6.07, 6.45) is -1.60. The Hall–Kier alpha value is -5.97. The molecule has 1 aliphatic rings. The quantitative estimate of drug-likeness (QED) is 0.0664. The highest BCUT2D eigenvalue weighted by Gasteiger charge is 2.47. The summed E-state index contributed by atoms with van der Waals surface area (Å²) < 4.78 is 15.9. The number of aromatic nitrogens is 5. The SMILES string of the molecule is C/C=C(\NC(=O)c1csc(-c2csc(-c3ccc(-c4nc(C(=O)O)cs4)c(-c4csc([C@@H]5[C@@H](C)OC(=O)N5C(=O)OC(C)(C)C)n4)n3)n2)n1)C(=O)NC[C@@H](C)OC(C)=O. The molecule has 308 valence electrons. The van der Waals surface area contributed by atoms with Gasteiger partial charge < -0.3 is 30.0 Å². The van der Waals surface area contributed by atoms with Crippen molar-refractivity contribution in [2.75, 3.05) is 6.54 Å². The number of carboxylic acid groups (broad SMARTS) is 1. The molecule has 59 heavy (non-hydrogen) atoms. The molecule has 6 rings (SSSR count). The maximum absolute atomic E-state index is 13.1. The predicted molar refractivity (Wildman–Crippen MR) is 218 cm³/mol. The minimum atomic E-state index is -1.19. The van der Waals surface area contributed by atoms with Gasteiger partial charge in [0.25, 0.3) is 11.8 Å². The van der Waals surface area contributed by atoms with Crippen LogP contribution in [0.1, 0.15) is 80.5 Å². The zero-order valence-electron chi connectivity index (χ0n) is 32.4. The van der Waals surface area contributed by atoms with Crippen LogP contribution < -0.4 is 10.6 Å². The predicted octanol–water partition coefficient (Wildman–Crippen LogP) is 6.79. The van der Waals surface area contributed by atoms with Gasteiger partial charge in [-0.15, -0.1) is 45.3 Å². The summed E-state index contributed by atoms with van der Waals surface area (Å²) in [5, 5.41) is 22.8. The van der Waals surface area contributed by atoms with Crippen LogP contribution in [0, 0.1) is 0 Å². The van der Waals surface area contributed by atoms with E-state index in [0.717, 1.165) is 16.2 Å². The van der Waals surface area contributed by atoms with Crippen LogP contribution in [-0.4, -0.2) is 95.2 Å². The van der Waals surface area contributed by atoms with Gasteiger partial charge in [0.2, 0.25) is 0 Å². The molecule has 3 atom stereocenters. The fraction of sp³-hybridized carbons (Fsp3) is 0.324. The van der Waals surface area contributed by atoms with Crippen molar-refractivity contribution in [1.82, 2.24) is 40.5 Å². The Morgan fingerprint density at radius 1 is 0.915 bits per heavy atom. The summed E-state index contributed by atoms with van der Waals surface area (Å²) in [5.74, 6) is -2.85. The summed E-state index contributed by atoms with van der Waals surface area (Å²) in [7, 11) is 0. The number of rotatable bonds is 12. The zero-order valence-corrected chi connectivity index (χ0v) is 35.7. The van der Waals surface area contributed by atoms with Crippen molar-refractivity contribution in [1.29, 1.82) is 0 Å². The van der Waals surface area contributed by atoms with E-state index in [4.69, 9.17) is 29.2 Å². The first-order valence-corrected chi connectivity index (χ1v) is 21.2. The first kappa shape index (κ1) is 42.6.